The van der Waals surface area contributed by atoms with Crippen LogP contribution in [0.3, 0.4) is 0 Å². The number of aromatic nitrogens is 1. The Morgan fingerprint density at radius 3 is 2.86 bits per heavy atom. The zero-order valence-electron chi connectivity index (χ0n) is 11.9. The van der Waals surface area contributed by atoms with Gasteiger partial charge in [0, 0.05) is 5.69 Å². The first kappa shape index (κ1) is 15.0. The first-order valence-corrected chi connectivity index (χ1v) is 6.78. The van der Waals surface area contributed by atoms with Crippen LogP contribution in [0.5, 0.6) is 5.75 Å². The van der Waals surface area contributed by atoms with Crippen molar-refractivity contribution in [2.75, 3.05) is 11.9 Å². The van der Waals surface area contributed by atoms with Crippen LogP contribution in [0, 0.1) is 0 Å². The third kappa shape index (κ3) is 4.57. The quantitative estimate of drug-likeness (QED) is 0.853. The van der Waals surface area contributed by atoms with Crippen molar-refractivity contribution < 1.29 is 14.6 Å². The molecule has 2 rings (SSSR count). The number of amides is 1. The summed E-state index contributed by atoms with van der Waals surface area (Å²) in [6.07, 6.45) is 2.40. The minimum Gasteiger partial charge on any atom is -0.482 e. The number of hydrogen-bond donors (Lipinski definition) is 2. The summed E-state index contributed by atoms with van der Waals surface area (Å²) >= 11 is 0. The van der Waals surface area contributed by atoms with Gasteiger partial charge in [-0.15, -0.1) is 0 Å². The molecule has 5 heteroatoms. The first-order valence-electron chi connectivity index (χ1n) is 6.78. The summed E-state index contributed by atoms with van der Waals surface area (Å²) in [5.74, 6) is 0.263. The minimum atomic E-state index is -0.227. The Labute approximate surface area is 123 Å². The lowest BCUT2D eigenvalue weighted by Crippen LogP contribution is -2.20. The third-order valence-corrected chi connectivity index (χ3v) is 2.95. The number of aliphatic hydroxyl groups is 1. The molecule has 0 fully saturated rings. The standard InChI is InChI=1S/C16H18N2O3/c1-2-12-4-3-5-13(8-12)18-16(20)11-21-15-7-6-14(10-19)17-9-15/h3-9,19H,2,10-11H2,1H3,(H,18,20). The largest absolute Gasteiger partial charge is 0.482 e. The van der Waals surface area contributed by atoms with Crippen molar-refractivity contribution in [2.45, 2.75) is 20.0 Å². The number of ether oxygens (including phenoxy) is 1. The molecule has 0 aliphatic heterocycles. The van der Waals surface area contributed by atoms with Gasteiger partial charge in [-0.05, 0) is 36.2 Å². The van der Waals surface area contributed by atoms with Crippen LogP contribution in [-0.2, 0) is 17.8 Å². The lowest BCUT2D eigenvalue weighted by atomic mass is 10.1. The van der Waals surface area contributed by atoms with E-state index in [1.54, 1.807) is 12.1 Å². The number of hydrogen-bond acceptors (Lipinski definition) is 4. The SMILES string of the molecule is CCc1cccc(NC(=O)COc2ccc(CO)nc2)c1. The number of carbonyl (C=O) groups excluding carboxylic acids is 1. The van der Waals surface area contributed by atoms with Gasteiger partial charge in [-0.3, -0.25) is 9.78 Å². The van der Waals surface area contributed by atoms with E-state index in [9.17, 15) is 4.79 Å². The summed E-state index contributed by atoms with van der Waals surface area (Å²) in [4.78, 5) is 15.8. The lowest BCUT2D eigenvalue weighted by molar-refractivity contribution is -0.118. The Morgan fingerprint density at radius 1 is 1.33 bits per heavy atom. The molecule has 0 saturated heterocycles. The Kier molecular flexibility index (Phi) is 5.29. The van der Waals surface area contributed by atoms with Crippen molar-refractivity contribution in [3.05, 3.63) is 53.9 Å². The second-order valence-corrected chi connectivity index (χ2v) is 4.53. The Morgan fingerprint density at radius 2 is 2.19 bits per heavy atom. The Balaban J connectivity index is 1.86. The van der Waals surface area contributed by atoms with Crippen LogP contribution in [0.4, 0.5) is 5.69 Å². The van der Waals surface area contributed by atoms with E-state index in [0.717, 1.165) is 17.7 Å². The van der Waals surface area contributed by atoms with E-state index in [2.05, 4.69) is 17.2 Å². The number of rotatable bonds is 6. The van der Waals surface area contributed by atoms with Gasteiger partial charge in [-0.2, -0.15) is 0 Å². The Bertz CT molecular complexity index is 597. The molecule has 1 aromatic carbocycles. The molecule has 0 atom stereocenters. The molecule has 0 unspecified atom stereocenters. The van der Waals surface area contributed by atoms with Crippen molar-refractivity contribution in [3.63, 3.8) is 0 Å². The van der Waals surface area contributed by atoms with Crippen LogP contribution >= 0.6 is 0 Å². The van der Waals surface area contributed by atoms with Crippen molar-refractivity contribution in [1.29, 1.82) is 0 Å². The molecule has 0 bridgehead atoms. The van der Waals surface area contributed by atoms with Crippen LogP contribution in [0.1, 0.15) is 18.2 Å². The molecule has 0 radical (unpaired) electrons. The first-order chi connectivity index (χ1) is 10.2. The summed E-state index contributed by atoms with van der Waals surface area (Å²) < 4.78 is 5.34. The zero-order chi connectivity index (χ0) is 15.1. The molecular formula is C16H18N2O3. The van der Waals surface area contributed by atoms with E-state index in [1.165, 1.54) is 6.20 Å². The van der Waals surface area contributed by atoms with Gasteiger partial charge < -0.3 is 15.2 Å². The van der Waals surface area contributed by atoms with Gasteiger partial charge in [0.25, 0.3) is 5.91 Å². The molecule has 1 aromatic heterocycles. The summed E-state index contributed by atoms with van der Waals surface area (Å²) in [6, 6.07) is 11.0. The summed E-state index contributed by atoms with van der Waals surface area (Å²) in [5, 5.41) is 11.7. The molecule has 21 heavy (non-hydrogen) atoms. The van der Waals surface area contributed by atoms with Gasteiger partial charge in [-0.25, -0.2) is 0 Å². The topological polar surface area (TPSA) is 71.5 Å². The molecular weight excluding hydrogens is 268 g/mol. The molecule has 0 saturated carbocycles. The van der Waals surface area contributed by atoms with Gasteiger partial charge in [0.1, 0.15) is 5.75 Å². The second-order valence-electron chi connectivity index (χ2n) is 4.53. The zero-order valence-corrected chi connectivity index (χ0v) is 11.9. The molecule has 0 aliphatic carbocycles. The van der Waals surface area contributed by atoms with Gasteiger partial charge in [0.05, 0.1) is 18.5 Å². The predicted molar refractivity (Wildman–Crippen MR) is 80.1 cm³/mol. The van der Waals surface area contributed by atoms with Crippen molar-refractivity contribution in [1.82, 2.24) is 4.98 Å². The lowest BCUT2D eigenvalue weighted by Gasteiger charge is -2.08. The average Bonchev–Trinajstić information content (AvgIpc) is 2.53. The van der Waals surface area contributed by atoms with Gasteiger partial charge in [0.15, 0.2) is 6.61 Å². The average molecular weight is 286 g/mol. The molecule has 5 nitrogen and oxygen atoms in total. The van der Waals surface area contributed by atoms with Gasteiger partial charge in [0.2, 0.25) is 0 Å². The molecule has 2 N–H and O–H groups in total. The van der Waals surface area contributed by atoms with E-state index < -0.39 is 0 Å². The van der Waals surface area contributed by atoms with Gasteiger partial charge >= 0.3 is 0 Å². The van der Waals surface area contributed by atoms with E-state index in [1.807, 2.05) is 24.3 Å². The predicted octanol–water partition coefficient (Wildman–Crippen LogP) is 2.15. The highest BCUT2D eigenvalue weighted by Gasteiger charge is 2.04. The highest BCUT2D eigenvalue weighted by Crippen LogP contribution is 2.12. The molecule has 2 aromatic rings. The number of nitrogens with zero attached hydrogens (tertiary/aromatic N) is 1. The van der Waals surface area contributed by atoms with Gasteiger partial charge in [-0.1, -0.05) is 19.1 Å². The fourth-order valence-corrected chi connectivity index (χ4v) is 1.80. The number of nitrogens with one attached hydrogen (secondary N) is 1. The smallest absolute Gasteiger partial charge is 0.262 e. The van der Waals surface area contributed by atoms with Crippen molar-refractivity contribution in [3.8, 4) is 5.75 Å². The number of benzene rings is 1. The van der Waals surface area contributed by atoms with Crippen LogP contribution < -0.4 is 10.1 Å². The number of aliphatic hydroxyl groups excluding tert-OH is 1. The van der Waals surface area contributed by atoms with Crippen LogP contribution in [0.25, 0.3) is 0 Å². The van der Waals surface area contributed by atoms with Crippen LogP contribution in [-0.4, -0.2) is 22.6 Å². The maximum atomic E-state index is 11.8. The van der Waals surface area contributed by atoms with Crippen LogP contribution in [0.15, 0.2) is 42.6 Å². The third-order valence-electron chi connectivity index (χ3n) is 2.95. The summed E-state index contributed by atoms with van der Waals surface area (Å²) in [5.41, 5.74) is 2.48. The van der Waals surface area contributed by atoms with E-state index in [4.69, 9.17) is 9.84 Å². The summed E-state index contributed by atoms with van der Waals surface area (Å²) in [7, 11) is 0. The maximum absolute atomic E-state index is 11.8. The second kappa shape index (κ2) is 7.40. The number of aryl methyl sites for hydroxylation is 1. The van der Waals surface area contributed by atoms with E-state index in [0.29, 0.717) is 11.4 Å². The Hall–Kier alpha value is -2.40. The molecule has 110 valence electrons. The molecule has 1 heterocycles. The van der Waals surface area contributed by atoms with Crippen molar-refractivity contribution >= 4 is 11.6 Å². The van der Waals surface area contributed by atoms with Crippen LogP contribution in [0.2, 0.25) is 0 Å². The highest BCUT2D eigenvalue weighted by atomic mass is 16.5. The number of carbonyl (C=O) groups is 1. The molecule has 0 spiro atoms. The number of pyridine rings is 1. The number of anilines is 1. The molecule has 0 aliphatic rings. The fraction of sp³-hybridized carbons (Fsp3) is 0.250. The van der Waals surface area contributed by atoms with E-state index in [-0.39, 0.29) is 19.1 Å². The molecule has 1 amide bonds. The van der Waals surface area contributed by atoms with E-state index >= 15 is 0 Å². The summed E-state index contributed by atoms with van der Waals surface area (Å²) in [6.45, 7) is 1.86. The highest BCUT2D eigenvalue weighted by molar-refractivity contribution is 5.91. The fourth-order valence-electron chi connectivity index (χ4n) is 1.80. The van der Waals surface area contributed by atoms with Crippen molar-refractivity contribution in [2.24, 2.45) is 0 Å². The minimum absolute atomic E-state index is 0.0868. The maximum Gasteiger partial charge on any atom is 0.262 e. The normalized spacial score (nSPS) is 10.2. The monoisotopic (exact) mass is 286 g/mol.